The minimum atomic E-state index is -0.511. The second kappa shape index (κ2) is 8.55. The maximum absolute atomic E-state index is 12.7. The zero-order valence-electron chi connectivity index (χ0n) is 16.4. The Balaban J connectivity index is 1.89. The molecule has 2 aromatic rings. The zero-order chi connectivity index (χ0) is 21.0. The first kappa shape index (κ1) is 20.1. The van der Waals surface area contributed by atoms with Gasteiger partial charge in [-0.1, -0.05) is 0 Å². The minimum Gasteiger partial charge on any atom is -0.496 e. The monoisotopic (exact) mass is 400 g/mol. The molecule has 3 rings (SSSR count). The highest BCUT2D eigenvalue weighted by Gasteiger charge is 2.28. The molecule has 1 heterocycles. The van der Waals surface area contributed by atoms with Crippen LogP contribution in [0.5, 0.6) is 28.7 Å². The van der Waals surface area contributed by atoms with Crippen LogP contribution in [0.25, 0.3) is 6.08 Å². The third-order valence-corrected chi connectivity index (χ3v) is 4.25. The van der Waals surface area contributed by atoms with E-state index in [1.54, 1.807) is 36.4 Å². The number of allylic oxidation sites excluding steroid dienone is 1. The number of methoxy groups -OCH3 is 4. The van der Waals surface area contributed by atoms with E-state index in [0.29, 0.717) is 39.9 Å². The number of rotatable bonds is 7. The average Bonchev–Trinajstić information content (AvgIpc) is 3.06. The average molecular weight is 400 g/mol. The summed E-state index contributed by atoms with van der Waals surface area (Å²) in [5.74, 6) is 1.53. The lowest BCUT2D eigenvalue weighted by atomic mass is 10.1. The normalized spacial score (nSPS) is 13.5. The number of fused-ring (bicyclic) bond motifs is 1. The van der Waals surface area contributed by atoms with Crippen molar-refractivity contribution < 1.29 is 38.0 Å². The fourth-order valence-corrected chi connectivity index (χ4v) is 2.77. The van der Waals surface area contributed by atoms with Gasteiger partial charge in [-0.2, -0.15) is 0 Å². The van der Waals surface area contributed by atoms with E-state index in [1.807, 2.05) is 0 Å². The van der Waals surface area contributed by atoms with Crippen molar-refractivity contribution in [1.82, 2.24) is 0 Å². The van der Waals surface area contributed by atoms with Crippen LogP contribution in [0.4, 0.5) is 0 Å². The lowest BCUT2D eigenvalue weighted by molar-refractivity contribution is -0.142. The summed E-state index contributed by atoms with van der Waals surface area (Å²) in [6.07, 6.45) is 1.57. The van der Waals surface area contributed by atoms with E-state index in [-0.39, 0.29) is 18.1 Å². The van der Waals surface area contributed by atoms with E-state index < -0.39 is 5.97 Å². The molecule has 0 saturated carbocycles. The Kier molecular flexibility index (Phi) is 5.92. The van der Waals surface area contributed by atoms with Gasteiger partial charge in [-0.3, -0.25) is 4.79 Å². The summed E-state index contributed by atoms with van der Waals surface area (Å²) in [6.45, 7) is -0.241. The Morgan fingerprint density at radius 1 is 0.966 bits per heavy atom. The maximum Gasteiger partial charge on any atom is 0.343 e. The summed E-state index contributed by atoms with van der Waals surface area (Å²) in [5, 5.41) is 0. The van der Waals surface area contributed by atoms with Crippen LogP contribution in [0, 0.1) is 0 Å². The minimum absolute atomic E-state index is 0.121. The molecule has 152 valence electrons. The standard InChI is InChI=1S/C21H20O8/c1-24-15-10-18(26-3)17(25-2)7-12(15)8-19-21(23)14-6-5-13(9-16(14)29-19)28-11-20(22)27-4/h5-10H,11H2,1-4H3/b19-8+. The number of benzene rings is 2. The van der Waals surface area contributed by atoms with Crippen LogP contribution in [0.2, 0.25) is 0 Å². The Morgan fingerprint density at radius 3 is 2.31 bits per heavy atom. The molecule has 0 unspecified atom stereocenters. The van der Waals surface area contributed by atoms with Crippen molar-refractivity contribution in [3.05, 3.63) is 47.2 Å². The van der Waals surface area contributed by atoms with Crippen LogP contribution in [-0.2, 0) is 9.53 Å². The van der Waals surface area contributed by atoms with Gasteiger partial charge in [-0.25, -0.2) is 4.79 Å². The van der Waals surface area contributed by atoms with Gasteiger partial charge < -0.3 is 28.4 Å². The summed E-state index contributed by atoms with van der Waals surface area (Å²) >= 11 is 0. The Morgan fingerprint density at radius 2 is 1.66 bits per heavy atom. The first-order chi connectivity index (χ1) is 14.0. The molecular formula is C21H20O8. The summed E-state index contributed by atoms with van der Waals surface area (Å²) in [5.41, 5.74) is 0.976. The number of ketones is 1. The molecule has 29 heavy (non-hydrogen) atoms. The maximum atomic E-state index is 12.7. The second-order valence-corrected chi connectivity index (χ2v) is 5.91. The summed E-state index contributed by atoms with van der Waals surface area (Å²) in [6, 6.07) is 8.06. The van der Waals surface area contributed by atoms with Crippen LogP contribution in [0.3, 0.4) is 0 Å². The highest BCUT2D eigenvalue weighted by molar-refractivity contribution is 6.14. The third-order valence-electron chi connectivity index (χ3n) is 4.25. The predicted octanol–water partition coefficient (Wildman–Crippen LogP) is 2.88. The topological polar surface area (TPSA) is 89.5 Å². The molecule has 0 fully saturated rings. The Bertz CT molecular complexity index is 977. The van der Waals surface area contributed by atoms with E-state index in [0.717, 1.165) is 0 Å². The molecule has 0 amide bonds. The van der Waals surface area contributed by atoms with Gasteiger partial charge in [0.05, 0.1) is 34.0 Å². The van der Waals surface area contributed by atoms with Gasteiger partial charge in [0.2, 0.25) is 5.78 Å². The molecule has 0 atom stereocenters. The molecule has 2 aromatic carbocycles. The fourth-order valence-electron chi connectivity index (χ4n) is 2.77. The molecule has 0 bridgehead atoms. The molecule has 0 N–H and O–H groups in total. The van der Waals surface area contributed by atoms with Gasteiger partial charge in [0.1, 0.15) is 17.2 Å². The summed E-state index contributed by atoms with van der Waals surface area (Å²) < 4.78 is 31.5. The first-order valence-electron chi connectivity index (χ1n) is 8.58. The van der Waals surface area contributed by atoms with Crippen molar-refractivity contribution >= 4 is 17.8 Å². The molecule has 1 aliphatic heterocycles. The molecule has 0 saturated heterocycles. The van der Waals surface area contributed by atoms with Crippen LogP contribution >= 0.6 is 0 Å². The third kappa shape index (κ3) is 4.11. The van der Waals surface area contributed by atoms with E-state index >= 15 is 0 Å². The molecule has 0 aliphatic carbocycles. The van der Waals surface area contributed by atoms with Crippen molar-refractivity contribution in [3.63, 3.8) is 0 Å². The largest absolute Gasteiger partial charge is 0.496 e. The lowest BCUT2D eigenvalue weighted by Gasteiger charge is -2.12. The predicted molar refractivity (Wildman–Crippen MR) is 103 cm³/mol. The van der Waals surface area contributed by atoms with Gasteiger partial charge >= 0.3 is 5.97 Å². The van der Waals surface area contributed by atoms with Crippen molar-refractivity contribution in [3.8, 4) is 28.7 Å². The highest BCUT2D eigenvalue weighted by atomic mass is 16.6. The van der Waals surface area contributed by atoms with Gasteiger partial charge in [-0.05, 0) is 24.3 Å². The lowest BCUT2D eigenvalue weighted by Crippen LogP contribution is -2.12. The molecule has 1 aliphatic rings. The SMILES string of the molecule is COC(=O)COc1ccc2c(c1)O/C(=C/c1cc(OC)c(OC)cc1OC)C2=O. The molecule has 0 spiro atoms. The highest BCUT2D eigenvalue weighted by Crippen LogP contribution is 2.38. The van der Waals surface area contributed by atoms with E-state index in [1.165, 1.54) is 28.4 Å². The number of Topliss-reactive ketones (excluding diaryl/α,β-unsaturated/α-hetero) is 1. The molecule has 0 aromatic heterocycles. The van der Waals surface area contributed by atoms with Crippen molar-refractivity contribution in [2.24, 2.45) is 0 Å². The van der Waals surface area contributed by atoms with E-state index in [2.05, 4.69) is 4.74 Å². The summed E-state index contributed by atoms with van der Waals surface area (Å²) in [7, 11) is 5.83. The first-order valence-corrected chi connectivity index (χ1v) is 8.58. The van der Waals surface area contributed by atoms with Crippen LogP contribution < -0.4 is 23.7 Å². The van der Waals surface area contributed by atoms with Crippen LogP contribution in [0.1, 0.15) is 15.9 Å². The zero-order valence-corrected chi connectivity index (χ0v) is 16.4. The van der Waals surface area contributed by atoms with E-state index in [4.69, 9.17) is 23.7 Å². The number of esters is 1. The van der Waals surface area contributed by atoms with Gasteiger partial charge in [0.15, 0.2) is 23.9 Å². The van der Waals surface area contributed by atoms with Crippen LogP contribution in [0.15, 0.2) is 36.1 Å². The van der Waals surface area contributed by atoms with Crippen molar-refractivity contribution in [1.29, 1.82) is 0 Å². The van der Waals surface area contributed by atoms with Gasteiger partial charge in [0, 0.05) is 17.7 Å². The number of ether oxygens (including phenoxy) is 6. The molecule has 8 heteroatoms. The van der Waals surface area contributed by atoms with E-state index in [9.17, 15) is 9.59 Å². The summed E-state index contributed by atoms with van der Waals surface area (Å²) in [4.78, 5) is 23.9. The second-order valence-electron chi connectivity index (χ2n) is 5.91. The quantitative estimate of drug-likeness (QED) is 0.518. The fraction of sp³-hybridized carbons (Fsp3) is 0.238. The number of hydrogen-bond acceptors (Lipinski definition) is 8. The van der Waals surface area contributed by atoms with Crippen LogP contribution in [-0.4, -0.2) is 46.8 Å². The van der Waals surface area contributed by atoms with Crippen molar-refractivity contribution in [2.75, 3.05) is 35.0 Å². The number of hydrogen-bond donors (Lipinski definition) is 0. The van der Waals surface area contributed by atoms with Gasteiger partial charge in [0.25, 0.3) is 0 Å². The molecular weight excluding hydrogens is 380 g/mol. The number of carbonyl (C=O) groups is 2. The smallest absolute Gasteiger partial charge is 0.343 e. The van der Waals surface area contributed by atoms with Crippen molar-refractivity contribution in [2.45, 2.75) is 0 Å². The molecule has 0 radical (unpaired) electrons. The van der Waals surface area contributed by atoms with Gasteiger partial charge in [-0.15, -0.1) is 0 Å². The molecule has 8 nitrogen and oxygen atoms in total. The number of carbonyl (C=O) groups excluding carboxylic acids is 2. The Hall–Kier alpha value is -3.68. The Labute approximate surface area is 167 Å².